The first-order chi connectivity index (χ1) is 32.6. The van der Waals surface area contributed by atoms with E-state index in [4.69, 9.17) is 30.4 Å². The van der Waals surface area contributed by atoms with Gasteiger partial charge >= 0.3 is 12.2 Å². The summed E-state index contributed by atoms with van der Waals surface area (Å²) in [5.74, 6) is 0.114. The second-order valence-electron chi connectivity index (χ2n) is 17.0. The van der Waals surface area contributed by atoms with Crippen molar-refractivity contribution < 1.29 is 46.1 Å². The molecule has 0 bridgehead atoms. The van der Waals surface area contributed by atoms with Crippen LogP contribution in [0.25, 0.3) is 43.8 Å². The molecule has 0 unspecified atom stereocenters. The molecule has 8 N–H and O–H groups in total. The van der Waals surface area contributed by atoms with Gasteiger partial charge < -0.3 is 41.0 Å². The maximum atomic E-state index is 15.3. The number of carbonyl (C=O) groups excluding carboxylic acids is 2. The number of amides is 2. The Labute approximate surface area is 386 Å². The van der Waals surface area contributed by atoms with E-state index in [-0.39, 0.29) is 47.2 Å². The minimum Gasteiger partial charge on any atom is -0.474 e. The largest absolute Gasteiger partial charge is 0.474 e. The number of carbonyl (C=O) groups is 2. The molecule has 4 aliphatic rings. The molecule has 10 rings (SSSR count). The predicted octanol–water partition coefficient (Wildman–Crippen LogP) is 6.66. The average Bonchev–Trinajstić information content (AvgIpc) is 3.81. The van der Waals surface area contributed by atoms with Crippen molar-refractivity contribution >= 4 is 68.1 Å². The highest BCUT2D eigenvalue weighted by atomic mass is 19.1. The van der Waals surface area contributed by atoms with E-state index in [1.54, 1.807) is 60.6 Å². The number of nitrogens with zero attached hydrogens (tertiary/aromatic N) is 6. The van der Waals surface area contributed by atoms with Crippen molar-refractivity contribution in [3.8, 4) is 34.0 Å². The van der Waals surface area contributed by atoms with Gasteiger partial charge in [0, 0.05) is 97.1 Å². The fraction of sp³-hybridized carbons (Fsp3) is 0.348. The molecule has 2 amide bonds. The Morgan fingerprint density at radius 3 is 1.44 bits per heavy atom. The lowest BCUT2D eigenvalue weighted by atomic mass is 9.97. The molecular weight excluding hydrogens is 893 g/mol. The highest BCUT2D eigenvalue weighted by molar-refractivity contribution is 6.01. The fourth-order valence-corrected chi connectivity index (χ4v) is 8.70. The normalized spacial score (nSPS) is 19.9. The number of aromatic nitrogens is 4. The highest BCUT2D eigenvalue weighted by Crippen LogP contribution is 2.41. The topological polar surface area (TPSA) is 229 Å². The number of alkyl halides is 2. The quantitative estimate of drug-likeness (QED) is 0.0757. The fourth-order valence-electron chi connectivity index (χ4n) is 8.70. The minimum absolute atomic E-state index is 0.0651. The zero-order chi connectivity index (χ0) is 48.0. The lowest BCUT2D eigenvalue weighted by Gasteiger charge is -2.22. The molecule has 8 heterocycles. The van der Waals surface area contributed by atoms with Crippen LogP contribution in [0.2, 0.25) is 0 Å². The van der Waals surface area contributed by atoms with Gasteiger partial charge in [0.15, 0.2) is 24.0 Å². The smallest absolute Gasteiger partial charge is 0.413 e. The van der Waals surface area contributed by atoms with E-state index in [1.807, 2.05) is 13.8 Å². The maximum Gasteiger partial charge on any atom is 0.413 e. The van der Waals surface area contributed by atoms with Crippen LogP contribution in [0.3, 0.4) is 0 Å². The minimum atomic E-state index is -1.25. The number of halogens is 4. The molecule has 22 heteroatoms. The summed E-state index contributed by atoms with van der Waals surface area (Å²) >= 11 is 0. The molecule has 6 aromatic rings. The van der Waals surface area contributed by atoms with E-state index in [9.17, 15) is 18.4 Å². The number of fused-ring (bicyclic) bond motifs is 4. The molecule has 4 aromatic heterocycles. The number of ether oxygens (including phenoxy) is 4. The van der Waals surface area contributed by atoms with E-state index in [2.05, 4.69) is 41.2 Å². The van der Waals surface area contributed by atoms with Gasteiger partial charge in [0.2, 0.25) is 11.8 Å². The zero-order valence-corrected chi connectivity index (χ0v) is 37.4. The third kappa shape index (κ3) is 9.03. The van der Waals surface area contributed by atoms with E-state index in [0.29, 0.717) is 95.2 Å². The zero-order valence-electron chi connectivity index (χ0n) is 37.4. The standard InChI is InChI=1S/2C23H24F2N6O3/c2*1-11-14(7-29-22-21(11)27-3-4-33-22)13-5-12-6-18(28-8-15(12)20(26)19(13)25)30-23(32)34-17-10-31(2)9-16(17)24/h2*5-8,16-17,27H,3-4,9-10,26H2,1-2H3,(H,28,30,32)/t2*16-,17-/m10/s1. The highest BCUT2D eigenvalue weighted by Gasteiger charge is 2.35. The first-order valence-electron chi connectivity index (χ1n) is 21.7. The molecule has 68 heavy (non-hydrogen) atoms. The lowest BCUT2D eigenvalue weighted by molar-refractivity contribution is 0.0787. The van der Waals surface area contributed by atoms with E-state index >= 15 is 8.78 Å². The van der Waals surface area contributed by atoms with Crippen LogP contribution < -0.4 is 42.2 Å². The number of anilines is 6. The van der Waals surface area contributed by atoms with E-state index in [1.165, 1.54) is 12.4 Å². The summed E-state index contributed by atoms with van der Waals surface area (Å²) < 4.78 is 79.9. The summed E-state index contributed by atoms with van der Waals surface area (Å²) in [6, 6.07) is 6.38. The molecular formula is C46H48F4N12O6. The number of likely N-dealkylation sites (N-methyl/N-ethyl adjacent to an activating group) is 2. The van der Waals surface area contributed by atoms with Gasteiger partial charge in [0.1, 0.15) is 48.4 Å². The molecule has 0 saturated carbocycles. The number of nitrogen functional groups attached to an aromatic ring is 2. The summed E-state index contributed by atoms with van der Waals surface area (Å²) in [6.45, 7) is 7.00. The van der Waals surface area contributed by atoms with Crippen LogP contribution in [0.4, 0.5) is 61.5 Å². The Hall–Kier alpha value is -7.46. The van der Waals surface area contributed by atoms with Crippen LogP contribution in [-0.4, -0.2) is 133 Å². The third-order valence-electron chi connectivity index (χ3n) is 12.2. The Bertz CT molecular complexity index is 2770. The van der Waals surface area contributed by atoms with Crippen molar-refractivity contribution in [2.75, 3.05) is 99.3 Å². The summed E-state index contributed by atoms with van der Waals surface area (Å²) in [4.78, 5) is 44.9. The molecule has 18 nitrogen and oxygen atoms in total. The van der Waals surface area contributed by atoms with Gasteiger partial charge in [0.25, 0.3) is 0 Å². The SMILES string of the molecule is Cc1c(-c2cc3cc(NC(=O)O[C@@H]4CN(C)C[C@H]4F)ncc3c(N)c2F)cnc2c1NCCO2.Cc1c(-c2cc3cc(NC(=O)O[C@H]4CN(C)C[C@@H]4F)ncc3c(N)c2F)cnc2c1NCCO2. The van der Waals surface area contributed by atoms with Crippen LogP contribution in [-0.2, 0) is 9.47 Å². The second-order valence-corrected chi connectivity index (χ2v) is 17.0. The van der Waals surface area contributed by atoms with Crippen molar-refractivity contribution in [3.05, 3.63) is 71.8 Å². The molecule has 2 aromatic carbocycles. The second kappa shape index (κ2) is 18.7. The van der Waals surface area contributed by atoms with Crippen LogP contribution in [0.15, 0.2) is 49.1 Å². The molecule has 4 aliphatic heterocycles. The first-order valence-corrected chi connectivity index (χ1v) is 21.7. The van der Waals surface area contributed by atoms with Crippen molar-refractivity contribution in [2.45, 2.75) is 38.4 Å². The Morgan fingerprint density at radius 1 is 0.647 bits per heavy atom. The van der Waals surface area contributed by atoms with Crippen molar-refractivity contribution in [2.24, 2.45) is 0 Å². The van der Waals surface area contributed by atoms with Crippen molar-refractivity contribution in [3.63, 3.8) is 0 Å². The number of benzene rings is 2. The van der Waals surface area contributed by atoms with Crippen LogP contribution in [0, 0.1) is 25.5 Å². The summed E-state index contributed by atoms with van der Waals surface area (Å²) in [6.07, 6.45) is 0.0276. The number of rotatable bonds is 6. The van der Waals surface area contributed by atoms with E-state index in [0.717, 1.165) is 11.1 Å². The molecule has 2 saturated heterocycles. The van der Waals surface area contributed by atoms with Gasteiger partial charge in [-0.25, -0.2) is 47.1 Å². The molecule has 4 atom stereocenters. The predicted molar refractivity (Wildman–Crippen MR) is 249 cm³/mol. The summed E-state index contributed by atoms with van der Waals surface area (Å²) in [5.41, 5.74) is 16.7. The molecule has 0 aliphatic carbocycles. The van der Waals surface area contributed by atoms with Crippen LogP contribution in [0.5, 0.6) is 11.8 Å². The first kappa shape index (κ1) is 45.7. The number of nitrogens with one attached hydrogen (secondary N) is 4. The molecule has 0 radical (unpaired) electrons. The average molecular weight is 941 g/mol. The number of hydrogen-bond acceptors (Lipinski definition) is 16. The Morgan fingerprint density at radius 2 is 1.06 bits per heavy atom. The Kier molecular flexibility index (Phi) is 12.5. The van der Waals surface area contributed by atoms with Gasteiger partial charge in [-0.2, -0.15) is 0 Å². The van der Waals surface area contributed by atoms with Gasteiger partial charge in [-0.1, -0.05) is 0 Å². The van der Waals surface area contributed by atoms with Crippen LogP contribution in [0.1, 0.15) is 11.1 Å². The number of hydrogen-bond donors (Lipinski definition) is 6. The molecule has 2 fully saturated rings. The number of pyridine rings is 4. The third-order valence-corrected chi connectivity index (χ3v) is 12.2. The van der Waals surface area contributed by atoms with Gasteiger partial charge in [-0.05, 0) is 74.1 Å². The maximum absolute atomic E-state index is 15.3. The summed E-state index contributed by atoms with van der Waals surface area (Å²) in [7, 11) is 3.51. The van der Waals surface area contributed by atoms with Gasteiger partial charge in [-0.15, -0.1) is 0 Å². The number of likely N-dealkylation sites (tertiary alicyclic amines) is 2. The van der Waals surface area contributed by atoms with Crippen molar-refractivity contribution in [1.29, 1.82) is 0 Å². The Balaban J connectivity index is 0.000000170. The van der Waals surface area contributed by atoms with Crippen LogP contribution >= 0.6 is 0 Å². The van der Waals surface area contributed by atoms with Gasteiger partial charge in [0.05, 0.1) is 11.4 Å². The summed E-state index contributed by atoms with van der Waals surface area (Å²) in [5, 5.41) is 13.4. The van der Waals surface area contributed by atoms with Gasteiger partial charge in [-0.3, -0.25) is 20.4 Å². The number of nitrogens with two attached hydrogens (primary N) is 2. The molecule has 0 spiro atoms. The lowest BCUT2D eigenvalue weighted by Crippen LogP contribution is -2.29. The van der Waals surface area contributed by atoms with E-state index < -0.39 is 48.4 Å². The van der Waals surface area contributed by atoms with Crippen molar-refractivity contribution in [1.82, 2.24) is 29.7 Å². The monoisotopic (exact) mass is 940 g/mol. The molecule has 356 valence electrons.